The second kappa shape index (κ2) is 6.61. The van der Waals surface area contributed by atoms with Crippen molar-refractivity contribution in [3.8, 4) is 0 Å². The molecule has 0 radical (unpaired) electrons. The summed E-state index contributed by atoms with van der Waals surface area (Å²) in [6, 6.07) is 3.87. The summed E-state index contributed by atoms with van der Waals surface area (Å²) in [7, 11) is 0. The lowest BCUT2D eigenvalue weighted by Gasteiger charge is -2.22. The van der Waals surface area contributed by atoms with Gasteiger partial charge < -0.3 is 19.8 Å². The second-order valence-corrected chi connectivity index (χ2v) is 5.69. The summed E-state index contributed by atoms with van der Waals surface area (Å²) < 4.78 is 10.5. The minimum absolute atomic E-state index is 0.0211. The van der Waals surface area contributed by atoms with Crippen LogP contribution in [0.4, 0.5) is 4.79 Å². The van der Waals surface area contributed by atoms with Crippen LogP contribution in [0.3, 0.4) is 0 Å². The molecule has 1 rings (SSSR count). The number of ether oxygens (including phenoxy) is 1. The van der Waals surface area contributed by atoms with Crippen LogP contribution in [-0.4, -0.2) is 24.3 Å². The van der Waals surface area contributed by atoms with Gasteiger partial charge in [0.05, 0.1) is 12.3 Å². The van der Waals surface area contributed by atoms with Crippen LogP contribution < -0.4 is 10.6 Å². The highest BCUT2D eigenvalue weighted by Crippen LogP contribution is 2.12. The Balaban J connectivity index is 2.28. The third-order valence-electron chi connectivity index (χ3n) is 2.46. The maximum Gasteiger partial charge on any atom is 0.407 e. The Kier molecular flexibility index (Phi) is 5.42. The van der Waals surface area contributed by atoms with Gasteiger partial charge in [-0.15, -0.1) is 0 Å². The van der Waals surface area contributed by atoms with Gasteiger partial charge in [0.1, 0.15) is 11.4 Å². The van der Waals surface area contributed by atoms with Crippen molar-refractivity contribution in [2.24, 2.45) is 0 Å². The van der Waals surface area contributed by atoms with Gasteiger partial charge in [0.2, 0.25) is 0 Å². The standard InChI is InChI=1S/C14H24N2O3/c1-10(16-13(17)19-14(3,4)5)9-15-11(2)12-7-6-8-18-12/h6-8,10-11,15H,9H2,1-5H3,(H,16,17). The molecule has 0 aromatic carbocycles. The lowest BCUT2D eigenvalue weighted by molar-refractivity contribution is 0.0507. The van der Waals surface area contributed by atoms with Crippen molar-refractivity contribution < 1.29 is 13.9 Å². The zero-order valence-electron chi connectivity index (χ0n) is 12.3. The van der Waals surface area contributed by atoms with E-state index in [0.29, 0.717) is 6.54 Å². The molecule has 0 spiro atoms. The lowest BCUT2D eigenvalue weighted by atomic mass is 10.2. The van der Waals surface area contributed by atoms with Crippen LogP contribution in [0.5, 0.6) is 0 Å². The Labute approximate surface area is 114 Å². The van der Waals surface area contributed by atoms with Crippen molar-refractivity contribution in [2.45, 2.75) is 52.3 Å². The van der Waals surface area contributed by atoms with E-state index in [1.807, 2.05) is 46.8 Å². The highest BCUT2D eigenvalue weighted by molar-refractivity contribution is 5.68. The Morgan fingerprint density at radius 1 is 1.42 bits per heavy atom. The molecule has 5 nitrogen and oxygen atoms in total. The Bertz CT molecular complexity index is 382. The molecule has 2 N–H and O–H groups in total. The van der Waals surface area contributed by atoms with Crippen molar-refractivity contribution >= 4 is 6.09 Å². The Hall–Kier alpha value is -1.49. The van der Waals surface area contributed by atoms with E-state index in [1.165, 1.54) is 0 Å². The molecule has 0 saturated carbocycles. The van der Waals surface area contributed by atoms with E-state index in [-0.39, 0.29) is 12.1 Å². The number of furan rings is 1. The summed E-state index contributed by atoms with van der Waals surface area (Å²) in [5.41, 5.74) is -0.474. The van der Waals surface area contributed by atoms with Gasteiger partial charge in [0, 0.05) is 12.6 Å². The summed E-state index contributed by atoms with van der Waals surface area (Å²) >= 11 is 0. The molecule has 2 atom stereocenters. The van der Waals surface area contributed by atoms with Gasteiger partial charge in [-0.25, -0.2) is 4.79 Å². The highest BCUT2D eigenvalue weighted by atomic mass is 16.6. The number of carbonyl (C=O) groups excluding carboxylic acids is 1. The first-order chi connectivity index (χ1) is 8.78. The third kappa shape index (κ3) is 6.29. The molecule has 108 valence electrons. The van der Waals surface area contributed by atoms with E-state index in [9.17, 15) is 4.79 Å². The van der Waals surface area contributed by atoms with Crippen LogP contribution in [0.2, 0.25) is 0 Å². The quantitative estimate of drug-likeness (QED) is 0.862. The highest BCUT2D eigenvalue weighted by Gasteiger charge is 2.18. The van der Waals surface area contributed by atoms with Gasteiger partial charge in [-0.05, 0) is 46.8 Å². The molecule has 2 unspecified atom stereocenters. The van der Waals surface area contributed by atoms with E-state index in [1.54, 1.807) is 6.26 Å². The fourth-order valence-electron chi connectivity index (χ4n) is 1.55. The molecule has 5 heteroatoms. The topological polar surface area (TPSA) is 63.5 Å². The lowest BCUT2D eigenvalue weighted by Crippen LogP contribution is -2.43. The summed E-state index contributed by atoms with van der Waals surface area (Å²) in [6.45, 7) is 10.1. The zero-order valence-corrected chi connectivity index (χ0v) is 12.3. The molecule has 1 aromatic heterocycles. The maximum atomic E-state index is 11.6. The normalized spacial score (nSPS) is 14.8. The summed E-state index contributed by atoms with van der Waals surface area (Å²) in [6.07, 6.45) is 1.25. The van der Waals surface area contributed by atoms with Gasteiger partial charge in [0.25, 0.3) is 0 Å². The zero-order chi connectivity index (χ0) is 14.5. The van der Waals surface area contributed by atoms with Crippen molar-refractivity contribution in [2.75, 3.05) is 6.54 Å². The molecule has 0 saturated heterocycles. The maximum absolute atomic E-state index is 11.6. The SMILES string of the molecule is CC(CNC(C)c1ccco1)NC(=O)OC(C)(C)C. The molecule has 0 bridgehead atoms. The molecular formula is C14H24N2O3. The molecule has 0 fully saturated rings. The number of hydrogen-bond acceptors (Lipinski definition) is 4. The average molecular weight is 268 g/mol. The Morgan fingerprint density at radius 2 is 2.11 bits per heavy atom. The van der Waals surface area contributed by atoms with Crippen LogP contribution in [0, 0.1) is 0 Å². The first-order valence-corrected chi connectivity index (χ1v) is 6.54. The van der Waals surface area contributed by atoms with Crippen molar-refractivity contribution in [1.29, 1.82) is 0 Å². The van der Waals surface area contributed by atoms with E-state index in [2.05, 4.69) is 10.6 Å². The van der Waals surface area contributed by atoms with Crippen molar-refractivity contribution in [3.05, 3.63) is 24.2 Å². The minimum Gasteiger partial charge on any atom is -0.468 e. The number of carbonyl (C=O) groups is 1. The second-order valence-electron chi connectivity index (χ2n) is 5.69. The molecule has 0 aliphatic heterocycles. The number of nitrogens with one attached hydrogen (secondary N) is 2. The predicted octanol–water partition coefficient (Wildman–Crippen LogP) is 2.84. The fraction of sp³-hybridized carbons (Fsp3) is 0.643. The number of amides is 1. The molecule has 1 amide bonds. The van der Waals surface area contributed by atoms with Crippen molar-refractivity contribution in [1.82, 2.24) is 10.6 Å². The van der Waals surface area contributed by atoms with E-state index in [4.69, 9.17) is 9.15 Å². The molecular weight excluding hydrogens is 244 g/mol. The predicted molar refractivity (Wildman–Crippen MR) is 74.0 cm³/mol. The summed E-state index contributed by atoms with van der Waals surface area (Å²) in [5.74, 6) is 0.879. The van der Waals surface area contributed by atoms with E-state index < -0.39 is 11.7 Å². The van der Waals surface area contributed by atoms with Crippen LogP contribution in [0.15, 0.2) is 22.8 Å². The summed E-state index contributed by atoms with van der Waals surface area (Å²) in [5, 5.41) is 6.07. The van der Waals surface area contributed by atoms with Crippen LogP contribution in [-0.2, 0) is 4.74 Å². The van der Waals surface area contributed by atoms with Crippen molar-refractivity contribution in [3.63, 3.8) is 0 Å². The van der Waals surface area contributed by atoms with Crippen LogP contribution in [0.1, 0.15) is 46.4 Å². The molecule has 0 aliphatic carbocycles. The van der Waals surface area contributed by atoms with Gasteiger partial charge in [-0.1, -0.05) is 0 Å². The number of rotatable bonds is 5. The molecule has 0 aliphatic rings. The van der Waals surface area contributed by atoms with Gasteiger partial charge in [0.15, 0.2) is 0 Å². The third-order valence-corrected chi connectivity index (χ3v) is 2.46. The number of hydrogen-bond donors (Lipinski definition) is 2. The largest absolute Gasteiger partial charge is 0.468 e. The van der Waals surface area contributed by atoms with Gasteiger partial charge >= 0.3 is 6.09 Å². The average Bonchev–Trinajstić information content (AvgIpc) is 2.76. The monoisotopic (exact) mass is 268 g/mol. The van der Waals surface area contributed by atoms with Gasteiger partial charge in [-0.2, -0.15) is 0 Å². The fourth-order valence-corrected chi connectivity index (χ4v) is 1.55. The van der Waals surface area contributed by atoms with Gasteiger partial charge in [-0.3, -0.25) is 0 Å². The van der Waals surface area contributed by atoms with E-state index >= 15 is 0 Å². The molecule has 19 heavy (non-hydrogen) atoms. The van der Waals surface area contributed by atoms with Crippen LogP contribution in [0.25, 0.3) is 0 Å². The minimum atomic E-state index is -0.474. The van der Waals surface area contributed by atoms with Crippen LogP contribution >= 0.6 is 0 Å². The molecule has 1 aromatic rings. The van der Waals surface area contributed by atoms with E-state index in [0.717, 1.165) is 5.76 Å². The Morgan fingerprint density at radius 3 is 2.63 bits per heavy atom. The summed E-state index contributed by atoms with van der Waals surface area (Å²) in [4.78, 5) is 11.6. The smallest absolute Gasteiger partial charge is 0.407 e. The first kappa shape index (κ1) is 15.6. The number of alkyl carbamates (subject to hydrolysis) is 1. The molecule has 1 heterocycles. The first-order valence-electron chi connectivity index (χ1n) is 6.54.